The lowest BCUT2D eigenvalue weighted by atomic mass is 9.96. The van der Waals surface area contributed by atoms with Crippen molar-refractivity contribution in [2.24, 2.45) is 0 Å². The van der Waals surface area contributed by atoms with E-state index in [0.717, 1.165) is 29.8 Å². The Labute approximate surface area is 137 Å². The zero-order valence-electron chi connectivity index (χ0n) is 13.2. The Morgan fingerprint density at radius 1 is 0.870 bits per heavy atom. The fraction of sp³-hybridized carbons (Fsp3) is 0.200. The number of aromatic nitrogens is 2. The number of rotatable bonds is 6. The smallest absolute Gasteiger partial charge is 0.159 e. The summed E-state index contributed by atoms with van der Waals surface area (Å²) < 4.78 is 5.76. The molecule has 0 saturated carbocycles. The monoisotopic (exact) mass is 304 g/mol. The molecule has 1 aromatic heterocycles. The Morgan fingerprint density at radius 2 is 1.57 bits per heavy atom. The predicted molar refractivity (Wildman–Crippen MR) is 92.0 cm³/mol. The molecule has 1 atom stereocenters. The molecule has 0 aliphatic carbocycles. The van der Waals surface area contributed by atoms with Gasteiger partial charge in [0.1, 0.15) is 0 Å². The number of ether oxygens (including phenoxy) is 1. The van der Waals surface area contributed by atoms with Crippen molar-refractivity contribution in [2.45, 2.75) is 18.9 Å². The van der Waals surface area contributed by atoms with Gasteiger partial charge in [0.05, 0.1) is 6.10 Å². The topological polar surface area (TPSA) is 35.0 Å². The first kappa shape index (κ1) is 15.4. The second-order valence-corrected chi connectivity index (χ2v) is 5.41. The normalized spacial score (nSPS) is 12.0. The van der Waals surface area contributed by atoms with Crippen molar-refractivity contribution in [3.63, 3.8) is 0 Å². The van der Waals surface area contributed by atoms with Gasteiger partial charge < -0.3 is 4.74 Å². The summed E-state index contributed by atoms with van der Waals surface area (Å²) in [4.78, 5) is 8.76. The maximum atomic E-state index is 5.76. The lowest BCUT2D eigenvalue weighted by Crippen LogP contribution is -2.06. The zero-order chi connectivity index (χ0) is 15.9. The number of methoxy groups -OCH3 is 1. The van der Waals surface area contributed by atoms with E-state index in [1.54, 1.807) is 19.5 Å². The minimum atomic E-state index is 0.0233. The van der Waals surface area contributed by atoms with Gasteiger partial charge in [-0.25, -0.2) is 9.97 Å². The molecule has 3 nitrogen and oxygen atoms in total. The van der Waals surface area contributed by atoms with Gasteiger partial charge in [-0.2, -0.15) is 0 Å². The Kier molecular flexibility index (Phi) is 5.12. The number of benzene rings is 2. The highest BCUT2D eigenvalue weighted by molar-refractivity contribution is 5.60. The number of hydrogen-bond acceptors (Lipinski definition) is 3. The first-order valence-electron chi connectivity index (χ1n) is 7.81. The van der Waals surface area contributed by atoms with E-state index in [9.17, 15) is 0 Å². The van der Waals surface area contributed by atoms with Crippen LogP contribution in [0.1, 0.15) is 23.7 Å². The first-order valence-corrected chi connectivity index (χ1v) is 7.81. The Bertz CT molecular complexity index is 729. The molecular formula is C20H20N2O. The average molecular weight is 304 g/mol. The van der Waals surface area contributed by atoms with Gasteiger partial charge in [-0.3, -0.25) is 0 Å². The standard InChI is InChI=1S/C20H20N2O/c1-23-19(13-12-16-8-3-2-4-9-16)17-10-5-6-11-18(17)20-21-14-7-15-22-20/h2-11,14-15,19H,12-13H2,1H3/t19-/m0/s1. The fourth-order valence-electron chi connectivity index (χ4n) is 2.76. The Balaban J connectivity index is 1.84. The summed E-state index contributed by atoms with van der Waals surface area (Å²) in [6.45, 7) is 0. The van der Waals surface area contributed by atoms with E-state index >= 15 is 0 Å². The molecule has 0 aliphatic rings. The molecule has 1 heterocycles. The molecule has 3 heteroatoms. The van der Waals surface area contributed by atoms with E-state index in [1.165, 1.54) is 5.56 Å². The molecule has 116 valence electrons. The van der Waals surface area contributed by atoms with Crippen molar-refractivity contribution < 1.29 is 4.74 Å². The molecule has 0 unspecified atom stereocenters. The van der Waals surface area contributed by atoms with Gasteiger partial charge in [0.2, 0.25) is 0 Å². The average Bonchev–Trinajstić information content (AvgIpc) is 2.64. The highest BCUT2D eigenvalue weighted by Gasteiger charge is 2.16. The van der Waals surface area contributed by atoms with Crippen molar-refractivity contribution in [2.75, 3.05) is 7.11 Å². The van der Waals surface area contributed by atoms with Gasteiger partial charge in [-0.05, 0) is 30.0 Å². The fourth-order valence-corrected chi connectivity index (χ4v) is 2.76. The Hall–Kier alpha value is -2.52. The van der Waals surface area contributed by atoms with E-state index in [0.29, 0.717) is 0 Å². The largest absolute Gasteiger partial charge is 0.377 e. The molecule has 0 aliphatic heterocycles. The molecule has 0 saturated heterocycles. The Morgan fingerprint density at radius 3 is 2.30 bits per heavy atom. The second kappa shape index (κ2) is 7.65. The van der Waals surface area contributed by atoms with Crippen molar-refractivity contribution in [3.05, 3.63) is 84.2 Å². The molecule has 0 spiro atoms. The predicted octanol–water partition coefficient (Wildman–Crippen LogP) is 4.46. The summed E-state index contributed by atoms with van der Waals surface area (Å²) in [7, 11) is 1.76. The summed E-state index contributed by atoms with van der Waals surface area (Å²) in [5, 5.41) is 0. The van der Waals surface area contributed by atoms with Crippen LogP contribution < -0.4 is 0 Å². The second-order valence-electron chi connectivity index (χ2n) is 5.41. The summed E-state index contributed by atoms with van der Waals surface area (Å²) in [6, 6.07) is 20.5. The number of aryl methyl sites for hydroxylation is 1. The molecule has 0 radical (unpaired) electrons. The van der Waals surface area contributed by atoms with Crippen LogP contribution in [0.3, 0.4) is 0 Å². The number of hydrogen-bond donors (Lipinski definition) is 0. The van der Waals surface area contributed by atoms with Crippen LogP contribution in [-0.2, 0) is 11.2 Å². The minimum Gasteiger partial charge on any atom is -0.377 e. The lowest BCUT2D eigenvalue weighted by molar-refractivity contribution is 0.0963. The van der Waals surface area contributed by atoms with Crippen LogP contribution in [-0.4, -0.2) is 17.1 Å². The number of nitrogens with zero attached hydrogens (tertiary/aromatic N) is 2. The van der Waals surface area contributed by atoms with E-state index in [2.05, 4.69) is 46.4 Å². The highest BCUT2D eigenvalue weighted by atomic mass is 16.5. The summed E-state index contributed by atoms with van der Waals surface area (Å²) in [6.07, 6.45) is 5.46. The summed E-state index contributed by atoms with van der Waals surface area (Å²) >= 11 is 0. The van der Waals surface area contributed by atoms with Crippen LogP contribution in [0.25, 0.3) is 11.4 Å². The molecule has 23 heavy (non-hydrogen) atoms. The molecule has 3 aromatic rings. The summed E-state index contributed by atoms with van der Waals surface area (Å²) in [5.74, 6) is 0.741. The van der Waals surface area contributed by atoms with Gasteiger partial charge in [0, 0.05) is 25.1 Å². The van der Waals surface area contributed by atoms with Crippen molar-refractivity contribution in [3.8, 4) is 11.4 Å². The first-order chi connectivity index (χ1) is 11.4. The SMILES string of the molecule is CO[C@@H](CCc1ccccc1)c1ccccc1-c1ncccn1. The quantitative estimate of drug-likeness (QED) is 0.674. The molecule has 0 N–H and O–H groups in total. The van der Waals surface area contributed by atoms with Crippen molar-refractivity contribution in [1.29, 1.82) is 0 Å². The van der Waals surface area contributed by atoms with E-state index in [1.807, 2.05) is 24.3 Å². The van der Waals surface area contributed by atoms with Gasteiger partial charge in [-0.1, -0.05) is 54.6 Å². The molecule has 3 rings (SSSR count). The summed E-state index contributed by atoms with van der Waals surface area (Å²) in [5.41, 5.74) is 3.49. The van der Waals surface area contributed by atoms with Crippen LogP contribution in [0, 0.1) is 0 Å². The lowest BCUT2D eigenvalue weighted by Gasteiger charge is -2.19. The zero-order valence-corrected chi connectivity index (χ0v) is 13.2. The third kappa shape index (κ3) is 3.82. The maximum absolute atomic E-state index is 5.76. The molecule has 0 bridgehead atoms. The van der Waals surface area contributed by atoms with Crippen LogP contribution in [0.2, 0.25) is 0 Å². The van der Waals surface area contributed by atoms with E-state index in [-0.39, 0.29) is 6.10 Å². The van der Waals surface area contributed by atoms with Gasteiger partial charge in [0.15, 0.2) is 5.82 Å². The molecular weight excluding hydrogens is 284 g/mol. The minimum absolute atomic E-state index is 0.0233. The molecule has 2 aromatic carbocycles. The van der Waals surface area contributed by atoms with Gasteiger partial charge in [0.25, 0.3) is 0 Å². The highest BCUT2D eigenvalue weighted by Crippen LogP contribution is 2.30. The van der Waals surface area contributed by atoms with Crippen LogP contribution in [0.5, 0.6) is 0 Å². The van der Waals surface area contributed by atoms with Gasteiger partial charge >= 0.3 is 0 Å². The maximum Gasteiger partial charge on any atom is 0.159 e. The van der Waals surface area contributed by atoms with E-state index < -0.39 is 0 Å². The van der Waals surface area contributed by atoms with Crippen LogP contribution in [0.4, 0.5) is 0 Å². The van der Waals surface area contributed by atoms with Crippen molar-refractivity contribution >= 4 is 0 Å². The third-order valence-corrected chi connectivity index (χ3v) is 3.94. The molecule has 0 amide bonds. The van der Waals surface area contributed by atoms with Crippen LogP contribution in [0.15, 0.2) is 73.1 Å². The third-order valence-electron chi connectivity index (χ3n) is 3.94. The van der Waals surface area contributed by atoms with E-state index in [4.69, 9.17) is 4.74 Å². The van der Waals surface area contributed by atoms with Gasteiger partial charge in [-0.15, -0.1) is 0 Å². The van der Waals surface area contributed by atoms with Crippen molar-refractivity contribution in [1.82, 2.24) is 9.97 Å². The molecule has 0 fully saturated rings. The van der Waals surface area contributed by atoms with Crippen LogP contribution >= 0.6 is 0 Å².